The molecule has 0 atom stereocenters. The first kappa shape index (κ1) is 16.1. The van der Waals surface area contributed by atoms with Crippen LogP contribution in [0.25, 0.3) is 5.57 Å². The van der Waals surface area contributed by atoms with Crippen molar-refractivity contribution in [3.63, 3.8) is 0 Å². The Hall–Kier alpha value is -2.73. The second-order valence-electron chi connectivity index (χ2n) is 5.29. The molecule has 1 saturated heterocycles. The predicted molar refractivity (Wildman–Crippen MR) is 96.9 cm³/mol. The van der Waals surface area contributed by atoms with Crippen molar-refractivity contribution < 1.29 is 14.3 Å². The number of methoxy groups -OCH3 is 1. The number of amides is 2. The van der Waals surface area contributed by atoms with E-state index in [0.29, 0.717) is 22.0 Å². The van der Waals surface area contributed by atoms with Crippen molar-refractivity contribution in [1.29, 1.82) is 0 Å². The first-order valence-corrected chi connectivity index (χ1v) is 8.10. The van der Waals surface area contributed by atoms with Gasteiger partial charge in [-0.1, -0.05) is 18.2 Å². The van der Waals surface area contributed by atoms with Gasteiger partial charge in [0.1, 0.15) is 5.75 Å². The molecular weight excluding hydrogens is 324 g/mol. The Morgan fingerprint density at radius 1 is 1.12 bits per heavy atom. The number of imide groups is 1. The van der Waals surface area contributed by atoms with Gasteiger partial charge in [-0.3, -0.25) is 9.59 Å². The number of carbonyl (C=O) groups is 2. The lowest BCUT2D eigenvalue weighted by atomic mass is 10.1. The molecule has 2 N–H and O–H groups in total. The van der Waals surface area contributed by atoms with Crippen LogP contribution in [-0.2, 0) is 4.79 Å². The maximum Gasteiger partial charge on any atom is 0.298 e. The van der Waals surface area contributed by atoms with E-state index in [4.69, 9.17) is 10.5 Å². The maximum absolute atomic E-state index is 12.8. The first-order chi connectivity index (χ1) is 11.5. The lowest BCUT2D eigenvalue weighted by molar-refractivity contribution is -0.113. The summed E-state index contributed by atoms with van der Waals surface area (Å²) in [4.78, 5) is 26.7. The molecule has 1 aliphatic rings. The van der Waals surface area contributed by atoms with E-state index in [1.807, 2.05) is 19.1 Å². The fourth-order valence-electron chi connectivity index (χ4n) is 2.47. The second-order valence-corrected chi connectivity index (χ2v) is 6.25. The summed E-state index contributed by atoms with van der Waals surface area (Å²) in [6.45, 7) is 1.82. The Morgan fingerprint density at radius 2 is 1.88 bits per heavy atom. The normalized spacial score (nSPS) is 16.5. The van der Waals surface area contributed by atoms with E-state index < -0.39 is 0 Å². The molecule has 0 unspecified atom stereocenters. The number of benzene rings is 2. The molecule has 3 rings (SSSR count). The SMILES string of the molecule is COc1cccc(N2C(=O)S/C(=C(/C)c3cccc(N)c3)C2=O)c1. The average Bonchev–Trinajstić information content (AvgIpc) is 2.88. The number of nitrogens with zero attached hydrogens (tertiary/aromatic N) is 1. The molecule has 2 aromatic rings. The molecular formula is C18H16N2O3S. The zero-order chi connectivity index (χ0) is 17.3. The van der Waals surface area contributed by atoms with Crippen molar-refractivity contribution in [3.05, 3.63) is 59.0 Å². The Kier molecular flexibility index (Phi) is 4.31. The topological polar surface area (TPSA) is 72.6 Å². The zero-order valence-corrected chi connectivity index (χ0v) is 14.1. The van der Waals surface area contributed by atoms with Gasteiger partial charge in [-0.05, 0) is 54.1 Å². The van der Waals surface area contributed by atoms with Crippen LogP contribution in [0.15, 0.2) is 53.4 Å². The largest absolute Gasteiger partial charge is 0.497 e. The number of ether oxygens (including phenoxy) is 1. The lowest BCUT2D eigenvalue weighted by Gasteiger charge is -2.13. The Morgan fingerprint density at radius 3 is 2.58 bits per heavy atom. The van der Waals surface area contributed by atoms with Crippen LogP contribution in [-0.4, -0.2) is 18.3 Å². The van der Waals surface area contributed by atoms with E-state index in [-0.39, 0.29) is 11.1 Å². The number of nitrogens with two attached hydrogens (primary N) is 1. The molecule has 0 aromatic heterocycles. The Balaban J connectivity index is 2.01. The van der Waals surface area contributed by atoms with Gasteiger partial charge in [-0.15, -0.1) is 0 Å². The molecule has 0 saturated carbocycles. The van der Waals surface area contributed by atoms with Crippen molar-refractivity contribution >= 4 is 39.9 Å². The number of hydrogen-bond acceptors (Lipinski definition) is 5. The standard InChI is InChI=1S/C18H16N2O3S/c1-11(12-5-3-6-13(19)9-12)16-17(21)20(18(22)24-16)14-7-4-8-15(10-14)23-2/h3-10H,19H2,1-2H3/b16-11-. The van der Waals surface area contributed by atoms with E-state index in [1.54, 1.807) is 36.4 Å². The molecule has 5 nitrogen and oxygen atoms in total. The smallest absolute Gasteiger partial charge is 0.298 e. The van der Waals surface area contributed by atoms with Gasteiger partial charge in [-0.2, -0.15) is 0 Å². The van der Waals surface area contributed by atoms with Crippen LogP contribution in [0.3, 0.4) is 0 Å². The van der Waals surface area contributed by atoms with Gasteiger partial charge < -0.3 is 10.5 Å². The molecule has 0 aliphatic carbocycles. The van der Waals surface area contributed by atoms with Gasteiger partial charge in [0.25, 0.3) is 11.1 Å². The average molecular weight is 340 g/mol. The van der Waals surface area contributed by atoms with E-state index in [2.05, 4.69) is 0 Å². The van der Waals surface area contributed by atoms with Gasteiger partial charge in [0.15, 0.2) is 0 Å². The summed E-state index contributed by atoms with van der Waals surface area (Å²) in [6, 6.07) is 14.1. The van der Waals surface area contributed by atoms with Crippen LogP contribution in [0, 0.1) is 0 Å². The van der Waals surface area contributed by atoms with Crippen molar-refractivity contribution in [2.45, 2.75) is 6.92 Å². The lowest BCUT2D eigenvalue weighted by Crippen LogP contribution is -2.27. The number of nitrogen functional groups attached to an aromatic ring is 1. The van der Waals surface area contributed by atoms with E-state index in [9.17, 15) is 9.59 Å². The third-order valence-corrected chi connectivity index (χ3v) is 4.78. The van der Waals surface area contributed by atoms with Crippen LogP contribution >= 0.6 is 11.8 Å². The summed E-state index contributed by atoms with van der Waals surface area (Å²) in [6.07, 6.45) is 0. The molecule has 0 bridgehead atoms. The molecule has 0 radical (unpaired) electrons. The molecule has 1 heterocycles. The molecule has 1 fully saturated rings. The molecule has 24 heavy (non-hydrogen) atoms. The van der Waals surface area contributed by atoms with E-state index in [0.717, 1.165) is 27.8 Å². The molecule has 1 aliphatic heterocycles. The third kappa shape index (κ3) is 2.88. The maximum atomic E-state index is 12.8. The number of allylic oxidation sites excluding steroid dienone is 1. The zero-order valence-electron chi connectivity index (χ0n) is 13.3. The van der Waals surface area contributed by atoms with Gasteiger partial charge >= 0.3 is 0 Å². The number of thioether (sulfide) groups is 1. The third-order valence-electron chi connectivity index (χ3n) is 3.74. The van der Waals surface area contributed by atoms with Crippen LogP contribution in [0.4, 0.5) is 16.2 Å². The number of rotatable bonds is 3. The number of hydrogen-bond donors (Lipinski definition) is 1. The monoisotopic (exact) mass is 340 g/mol. The number of anilines is 2. The number of carbonyl (C=O) groups excluding carboxylic acids is 2. The van der Waals surface area contributed by atoms with Crippen LogP contribution in [0.5, 0.6) is 5.75 Å². The van der Waals surface area contributed by atoms with E-state index >= 15 is 0 Å². The highest BCUT2D eigenvalue weighted by Crippen LogP contribution is 2.39. The molecule has 6 heteroatoms. The molecule has 0 spiro atoms. The highest BCUT2D eigenvalue weighted by Gasteiger charge is 2.37. The van der Waals surface area contributed by atoms with Crippen molar-refractivity contribution in [2.24, 2.45) is 0 Å². The summed E-state index contributed by atoms with van der Waals surface area (Å²) >= 11 is 0.934. The fraction of sp³-hybridized carbons (Fsp3) is 0.111. The summed E-state index contributed by atoms with van der Waals surface area (Å²) in [7, 11) is 1.54. The summed E-state index contributed by atoms with van der Waals surface area (Å²) in [5.41, 5.74) is 8.46. The second kappa shape index (κ2) is 6.41. The van der Waals surface area contributed by atoms with Crippen LogP contribution in [0.2, 0.25) is 0 Å². The minimum absolute atomic E-state index is 0.327. The summed E-state index contributed by atoms with van der Waals surface area (Å²) in [5, 5.41) is -0.327. The molecule has 2 amide bonds. The highest BCUT2D eigenvalue weighted by molar-refractivity contribution is 8.19. The quantitative estimate of drug-likeness (QED) is 0.677. The molecule has 122 valence electrons. The fourth-order valence-corrected chi connectivity index (χ4v) is 3.38. The minimum Gasteiger partial charge on any atom is -0.497 e. The van der Waals surface area contributed by atoms with Crippen molar-refractivity contribution in [3.8, 4) is 5.75 Å². The van der Waals surface area contributed by atoms with Gasteiger partial charge in [0, 0.05) is 11.8 Å². The minimum atomic E-state index is -0.335. The Labute approximate surface area is 144 Å². The van der Waals surface area contributed by atoms with Crippen molar-refractivity contribution in [2.75, 3.05) is 17.7 Å². The van der Waals surface area contributed by atoms with Crippen LogP contribution in [0.1, 0.15) is 12.5 Å². The van der Waals surface area contributed by atoms with Gasteiger partial charge in [0.2, 0.25) is 0 Å². The van der Waals surface area contributed by atoms with Gasteiger partial charge in [0.05, 0.1) is 17.7 Å². The van der Waals surface area contributed by atoms with Crippen LogP contribution < -0.4 is 15.4 Å². The van der Waals surface area contributed by atoms with Gasteiger partial charge in [-0.25, -0.2) is 4.90 Å². The highest BCUT2D eigenvalue weighted by atomic mass is 32.2. The van der Waals surface area contributed by atoms with Crippen molar-refractivity contribution in [1.82, 2.24) is 0 Å². The summed E-state index contributed by atoms with van der Waals surface area (Å²) < 4.78 is 5.16. The van der Waals surface area contributed by atoms with E-state index in [1.165, 1.54) is 7.11 Å². The predicted octanol–water partition coefficient (Wildman–Crippen LogP) is 3.91. The molecule has 2 aromatic carbocycles. The summed E-state index contributed by atoms with van der Waals surface area (Å²) in [5.74, 6) is 0.251. The first-order valence-electron chi connectivity index (χ1n) is 7.28. The Bertz CT molecular complexity index is 861.